The van der Waals surface area contributed by atoms with Gasteiger partial charge in [0.1, 0.15) is 5.69 Å². The van der Waals surface area contributed by atoms with E-state index in [1.807, 2.05) is 19.5 Å². The number of nitro groups is 1. The number of aromatic nitrogens is 1. The number of benzene rings is 1. The highest BCUT2D eigenvalue weighted by Crippen LogP contribution is 2.33. The van der Waals surface area contributed by atoms with Gasteiger partial charge in [0, 0.05) is 12.7 Å². The Kier molecular flexibility index (Phi) is 4.73. The number of nitrogens with one attached hydrogen (secondary N) is 1. The fourth-order valence-electron chi connectivity index (χ4n) is 2.75. The Balaban J connectivity index is 1.92. The first-order valence-corrected chi connectivity index (χ1v) is 8.46. The predicted octanol–water partition coefficient (Wildman–Crippen LogP) is 3.92. The first kappa shape index (κ1) is 16.4. The van der Waals surface area contributed by atoms with Crippen LogP contribution < -0.4 is 5.32 Å². The van der Waals surface area contributed by atoms with Crippen LogP contribution in [-0.4, -0.2) is 35.4 Å². The molecular formula is C17H18N4O2S. The molecule has 1 unspecified atom stereocenters. The van der Waals surface area contributed by atoms with Crippen LogP contribution in [0.5, 0.6) is 0 Å². The minimum absolute atomic E-state index is 0.0726. The first-order valence-electron chi connectivity index (χ1n) is 7.52. The number of anilines is 1. The van der Waals surface area contributed by atoms with Crippen LogP contribution >= 0.6 is 11.3 Å². The van der Waals surface area contributed by atoms with Crippen LogP contribution in [0.15, 0.2) is 47.3 Å². The third kappa shape index (κ3) is 3.22. The number of nitro benzene ring substituents is 1. The van der Waals surface area contributed by atoms with Crippen molar-refractivity contribution in [1.29, 1.82) is 0 Å². The van der Waals surface area contributed by atoms with Gasteiger partial charge in [-0.25, -0.2) is 0 Å². The molecule has 0 fully saturated rings. The van der Waals surface area contributed by atoms with Gasteiger partial charge in [0.2, 0.25) is 0 Å². The molecule has 0 aliphatic carbocycles. The molecule has 0 amide bonds. The molecule has 124 valence electrons. The molecule has 7 heteroatoms. The average molecular weight is 342 g/mol. The van der Waals surface area contributed by atoms with Gasteiger partial charge in [-0.15, -0.1) is 0 Å². The van der Waals surface area contributed by atoms with Gasteiger partial charge in [-0.1, -0.05) is 0 Å². The summed E-state index contributed by atoms with van der Waals surface area (Å²) < 4.78 is 0. The third-order valence-corrected chi connectivity index (χ3v) is 4.68. The van der Waals surface area contributed by atoms with E-state index in [-0.39, 0.29) is 16.7 Å². The zero-order chi connectivity index (χ0) is 17.1. The highest BCUT2D eigenvalue weighted by molar-refractivity contribution is 7.07. The molecule has 0 aliphatic heterocycles. The summed E-state index contributed by atoms with van der Waals surface area (Å²) in [5.74, 6) is 0. The van der Waals surface area contributed by atoms with Crippen molar-refractivity contribution < 1.29 is 4.92 Å². The topological polar surface area (TPSA) is 71.3 Å². The highest BCUT2D eigenvalue weighted by atomic mass is 32.1. The van der Waals surface area contributed by atoms with E-state index in [4.69, 9.17) is 0 Å². The maximum Gasteiger partial charge on any atom is 0.301 e. The number of likely N-dealkylation sites (N-methyl/N-ethyl adjacent to an activating group) is 1. The van der Waals surface area contributed by atoms with E-state index in [9.17, 15) is 10.1 Å². The Bertz CT molecular complexity index is 849. The van der Waals surface area contributed by atoms with E-state index in [0.717, 1.165) is 0 Å². The van der Waals surface area contributed by atoms with Gasteiger partial charge in [-0.05, 0) is 60.8 Å². The number of thiophene rings is 1. The lowest BCUT2D eigenvalue weighted by molar-refractivity contribution is -0.382. The minimum Gasteiger partial charge on any atom is -0.378 e. The van der Waals surface area contributed by atoms with Gasteiger partial charge >= 0.3 is 5.69 Å². The summed E-state index contributed by atoms with van der Waals surface area (Å²) in [6.45, 7) is 0.580. The van der Waals surface area contributed by atoms with E-state index in [0.29, 0.717) is 23.1 Å². The van der Waals surface area contributed by atoms with Gasteiger partial charge in [0.05, 0.1) is 21.9 Å². The monoisotopic (exact) mass is 342 g/mol. The Hall–Kier alpha value is -2.51. The number of fused-ring (bicyclic) bond motifs is 1. The lowest BCUT2D eigenvalue weighted by Crippen LogP contribution is -2.26. The van der Waals surface area contributed by atoms with Crippen LogP contribution in [0.3, 0.4) is 0 Å². The Morgan fingerprint density at radius 1 is 1.33 bits per heavy atom. The number of hydrogen-bond acceptors (Lipinski definition) is 6. The highest BCUT2D eigenvalue weighted by Gasteiger charge is 2.21. The molecule has 1 N–H and O–H groups in total. The van der Waals surface area contributed by atoms with Crippen molar-refractivity contribution in [2.75, 3.05) is 26.0 Å². The number of nitrogens with zero attached hydrogens (tertiary/aromatic N) is 3. The second-order valence-electron chi connectivity index (χ2n) is 5.71. The number of hydrogen-bond donors (Lipinski definition) is 1. The molecule has 0 aliphatic rings. The largest absolute Gasteiger partial charge is 0.378 e. The van der Waals surface area contributed by atoms with Crippen LogP contribution in [0.1, 0.15) is 11.6 Å². The van der Waals surface area contributed by atoms with E-state index in [1.54, 1.807) is 41.8 Å². The fourth-order valence-corrected chi connectivity index (χ4v) is 3.45. The van der Waals surface area contributed by atoms with Gasteiger partial charge in [0.25, 0.3) is 0 Å². The molecule has 0 spiro atoms. The van der Waals surface area contributed by atoms with Gasteiger partial charge in [0.15, 0.2) is 0 Å². The van der Waals surface area contributed by atoms with Crippen LogP contribution in [0.2, 0.25) is 0 Å². The molecule has 24 heavy (non-hydrogen) atoms. The molecular weight excluding hydrogens is 324 g/mol. The van der Waals surface area contributed by atoms with E-state index in [2.05, 4.69) is 26.6 Å². The normalized spacial score (nSPS) is 12.5. The van der Waals surface area contributed by atoms with Gasteiger partial charge in [-0.2, -0.15) is 11.3 Å². The van der Waals surface area contributed by atoms with Gasteiger partial charge in [-0.3, -0.25) is 15.1 Å². The zero-order valence-corrected chi connectivity index (χ0v) is 14.3. The Morgan fingerprint density at radius 2 is 2.17 bits per heavy atom. The molecule has 3 aromatic rings. The van der Waals surface area contributed by atoms with E-state index in [1.165, 1.54) is 5.56 Å². The average Bonchev–Trinajstić information content (AvgIpc) is 3.08. The summed E-state index contributed by atoms with van der Waals surface area (Å²) >= 11 is 1.65. The van der Waals surface area contributed by atoms with Crippen molar-refractivity contribution in [2.45, 2.75) is 6.04 Å². The van der Waals surface area contributed by atoms with Crippen LogP contribution in [0.25, 0.3) is 10.9 Å². The molecule has 2 aromatic heterocycles. The fraction of sp³-hybridized carbons (Fsp3) is 0.235. The van der Waals surface area contributed by atoms with Crippen LogP contribution in [0, 0.1) is 10.1 Å². The van der Waals surface area contributed by atoms with Crippen molar-refractivity contribution >= 4 is 33.6 Å². The summed E-state index contributed by atoms with van der Waals surface area (Å²) in [4.78, 5) is 17.5. The summed E-state index contributed by atoms with van der Waals surface area (Å²) in [5, 5.41) is 19.5. The van der Waals surface area contributed by atoms with Crippen LogP contribution in [0.4, 0.5) is 11.4 Å². The maximum absolute atomic E-state index is 11.6. The van der Waals surface area contributed by atoms with Crippen LogP contribution in [-0.2, 0) is 0 Å². The molecule has 3 rings (SSSR count). The van der Waals surface area contributed by atoms with Crippen molar-refractivity contribution in [3.63, 3.8) is 0 Å². The Morgan fingerprint density at radius 3 is 2.83 bits per heavy atom. The molecule has 1 atom stereocenters. The summed E-state index contributed by atoms with van der Waals surface area (Å²) in [5.41, 5.74) is 2.41. The van der Waals surface area contributed by atoms with E-state index < -0.39 is 0 Å². The number of pyridine rings is 1. The second kappa shape index (κ2) is 6.94. The molecule has 0 radical (unpaired) electrons. The lowest BCUT2D eigenvalue weighted by Gasteiger charge is -2.24. The summed E-state index contributed by atoms with van der Waals surface area (Å²) in [7, 11) is 4.01. The van der Waals surface area contributed by atoms with Crippen molar-refractivity contribution in [1.82, 2.24) is 9.88 Å². The molecule has 0 bridgehead atoms. The van der Waals surface area contributed by atoms with Crippen molar-refractivity contribution in [3.8, 4) is 0 Å². The quantitative estimate of drug-likeness (QED) is 0.543. The molecule has 0 saturated heterocycles. The smallest absolute Gasteiger partial charge is 0.301 e. The first-order chi connectivity index (χ1) is 11.6. The zero-order valence-electron chi connectivity index (χ0n) is 13.5. The molecule has 1 aromatic carbocycles. The second-order valence-corrected chi connectivity index (χ2v) is 6.49. The molecule has 6 nitrogen and oxygen atoms in total. The number of rotatable bonds is 6. The molecule has 2 heterocycles. The van der Waals surface area contributed by atoms with Crippen molar-refractivity contribution in [3.05, 3.63) is 63.0 Å². The SMILES string of the molecule is CN(C)C(CNc1ccc2ncccc2c1[N+](=O)[O-])c1ccsc1. The summed E-state index contributed by atoms with van der Waals surface area (Å²) in [6.07, 6.45) is 1.64. The standard InChI is InChI=1S/C17H18N4O2S/c1-20(2)16(12-7-9-24-11-12)10-19-15-6-5-14-13(4-3-8-18-14)17(15)21(22)23/h3-9,11,16,19H,10H2,1-2H3. The maximum atomic E-state index is 11.6. The third-order valence-electron chi connectivity index (χ3n) is 3.98. The minimum atomic E-state index is -0.346. The van der Waals surface area contributed by atoms with Gasteiger partial charge < -0.3 is 10.2 Å². The Labute approximate surface area is 143 Å². The molecule has 0 saturated carbocycles. The predicted molar refractivity (Wildman–Crippen MR) is 97.6 cm³/mol. The lowest BCUT2D eigenvalue weighted by atomic mass is 10.1. The summed E-state index contributed by atoms with van der Waals surface area (Å²) in [6, 6.07) is 9.20. The van der Waals surface area contributed by atoms with E-state index >= 15 is 0 Å². The van der Waals surface area contributed by atoms with Crippen molar-refractivity contribution in [2.24, 2.45) is 0 Å².